The molecule has 0 unspecified atom stereocenters. The third-order valence-electron chi connectivity index (χ3n) is 4.47. The summed E-state index contributed by atoms with van der Waals surface area (Å²) < 4.78 is 60.4. The predicted octanol–water partition coefficient (Wildman–Crippen LogP) is 5.92. The molecule has 3 aromatic rings. The largest absolute Gasteiger partial charge is 0.456 e. The Kier molecular flexibility index (Phi) is 7.58. The van der Waals surface area contributed by atoms with Crippen molar-refractivity contribution in [2.24, 2.45) is 5.73 Å². The molecule has 180 valence electrons. The molecule has 0 aliphatic heterocycles. The first kappa shape index (κ1) is 26.0. The van der Waals surface area contributed by atoms with E-state index in [1.807, 2.05) is 22.6 Å². The SMILES string of the molecule is CC(C)(Cl)S(=O)(=O)Nc1cccc(Oc2cc(F)cc(Nc3ccc(I)cc3F)c2C(N)=O)c1. The van der Waals surface area contributed by atoms with E-state index in [1.54, 1.807) is 6.07 Å². The Morgan fingerprint density at radius 2 is 1.79 bits per heavy atom. The number of anilines is 3. The fourth-order valence-corrected chi connectivity index (χ4v) is 4.03. The molecule has 0 saturated carbocycles. The van der Waals surface area contributed by atoms with Gasteiger partial charge in [-0.3, -0.25) is 9.52 Å². The molecule has 7 nitrogen and oxygen atoms in total. The molecule has 0 aliphatic rings. The van der Waals surface area contributed by atoms with Crippen molar-refractivity contribution in [3.05, 3.63) is 75.4 Å². The lowest BCUT2D eigenvalue weighted by atomic mass is 10.1. The van der Waals surface area contributed by atoms with Gasteiger partial charge in [-0.15, -0.1) is 11.6 Å². The third kappa shape index (κ3) is 6.07. The number of hydrogen-bond acceptors (Lipinski definition) is 5. The van der Waals surface area contributed by atoms with Crippen molar-refractivity contribution in [2.45, 2.75) is 18.1 Å². The summed E-state index contributed by atoms with van der Waals surface area (Å²) in [5.41, 5.74) is 5.30. The van der Waals surface area contributed by atoms with Gasteiger partial charge in [0, 0.05) is 15.7 Å². The number of carbonyl (C=O) groups excluding carboxylic acids is 1. The molecule has 0 heterocycles. The van der Waals surface area contributed by atoms with E-state index in [9.17, 15) is 22.0 Å². The maximum absolute atomic E-state index is 14.4. The molecule has 0 radical (unpaired) electrons. The monoisotopic (exact) mass is 621 g/mol. The Labute approximate surface area is 213 Å². The molecule has 34 heavy (non-hydrogen) atoms. The van der Waals surface area contributed by atoms with Crippen LogP contribution in [0.25, 0.3) is 0 Å². The summed E-state index contributed by atoms with van der Waals surface area (Å²) in [5.74, 6) is -2.53. The highest BCUT2D eigenvalue weighted by Gasteiger charge is 2.31. The Balaban J connectivity index is 1.99. The fraction of sp³-hybridized carbons (Fsp3) is 0.136. The molecule has 0 bridgehead atoms. The normalized spacial score (nSPS) is 11.7. The van der Waals surface area contributed by atoms with Crippen LogP contribution in [-0.4, -0.2) is 18.5 Å². The number of hydrogen-bond donors (Lipinski definition) is 3. The summed E-state index contributed by atoms with van der Waals surface area (Å²) >= 11 is 7.85. The molecule has 0 aromatic heterocycles. The number of carbonyl (C=O) groups is 1. The van der Waals surface area contributed by atoms with Gasteiger partial charge in [0.05, 0.1) is 17.1 Å². The zero-order valence-electron chi connectivity index (χ0n) is 17.8. The van der Waals surface area contributed by atoms with Crippen molar-refractivity contribution in [3.8, 4) is 11.5 Å². The van der Waals surface area contributed by atoms with Crippen molar-refractivity contribution in [1.82, 2.24) is 0 Å². The first-order chi connectivity index (χ1) is 15.8. The molecular formula is C22H19ClF2IN3O4S. The topological polar surface area (TPSA) is 111 Å². The maximum Gasteiger partial charge on any atom is 0.254 e. The summed E-state index contributed by atoms with van der Waals surface area (Å²) in [7, 11) is -3.94. The summed E-state index contributed by atoms with van der Waals surface area (Å²) in [5, 5.41) is 2.67. The Morgan fingerprint density at radius 3 is 2.41 bits per heavy atom. The smallest absolute Gasteiger partial charge is 0.254 e. The second-order valence-electron chi connectivity index (χ2n) is 7.54. The number of nitrogens with one attached hydrogen (secondary N) is 2. The van der Waals surface area contributed by atoms with E-state index in [4.69, 9.17) is 22.1 Å². The molecule has 0 saturated heterocycles. The molecular weight excluding hydrogens is 603 g/mol. The highest BCUT2D eigenvalue weighted by atomic mass is 127. The molecule has 3 rings (SSSR count). The fourth-order valence-electron chi connectivity index (χ4n) is 2.78. The average molecular weight is 622 g/mol. The number of nitrogens with two attached hydrogens (primary N) is 1. The Hall–Kier alpha value is -2.64. The first-order valence-electron chi connectivity index (χ1n) is 9.61. The van der Waals surface area contributed by atoms with E-state index < -0.39 is 31.8 Å². The van der Waals surface area contributed by atoms with Crippen LogP contribution in [-0.2, 0) is 10.0 Å². The number of amides is 1. The molecule has 0 atom stereocenters. The van der Waals surface area contributed by atoms with Gasteiger partial charge in [-0.05, 0) is 72.8 Å². The number of alkyl halides is 1. The predicted molar refractivity (Wildman–Crippen MR) is 136 cm³/mol. The van der Waals surface area contributed by atoms with Crippen molar-refractivity contribution < 1.29 is 26.7 Å². The van der Waals surface area contributed by atoms with E-state index in [2.05, 4.69) is 10.0 Å². The van der Waals surface area contributed by atoms with Crippen molar-refractivity contribution in [1.29, 1.82) is 0 Å². The van der Waals surface area contributed by atoms with E-state index in [1.165, 1.54) is 50.2 Å². The lowest BCUT2D eigenvalue weighted by molar-refractivity contribution is 0.0999. The molecule has 1 amide bonds. The maximum atomic E-state index is 14.4. The number of ether oxygens (including phenoxy) is 1. The van der Waals surface area contributed by atoms with Gasteiger partial charge < -0.3 is 15.8 Å². The number of halogens is 4. The van der Waals surface area contributed by atoms with Crippen molar-refractivity contribution in [2.75, 3.05) is 10.0 Å². The number of benzene rings is 3. The van der Waals surface area contributed by atoms with Crippen LogP contribution in [0.2, 0.25) is 0 Å². The molecule has 4 N–H and O–H groups in total. The third-order valence-corrected chi connectivity index (χ3v) is 7.53. The molecule has 12 heteroatoms. The molecule has 0 fully saturated rings. The van der Waals surface area contributed by atoms with Gasteiger partial charge in [0.2, 0.25) is 0 Å². The summed E-state index contributed by atoms with van der Waals surface area (Å²) in [4.78, 5) is 12.2. The zero-order chi connectivity index (χ0) is 25.3. The van der Waals surface area contributed by atoms with Crippen LogP contribution >= 0.6 is 34.2 Å². The minimum atomic E-state index is -3.94. The minimum Gasteiger partial charge on any atom is -0.456 e. The second kappa shape index (κ2) is 9.92. The van der Waals surface area contributed by atoms with Crippen LogP contribution in [0.4, 0.5) is 25.8 Å². The minimum absolute atomic E-state index is 0.000408. The van der Waals surface area contributed by atoms with E-state index in [0.717, 1.165) is 12.1 Å². The Bertz CT molecular complexity index is 1360. The van der Waals surface area contributed by atoms with Gasteiger partial charge in [-0.1, -0.05) is 6.07 Å². The summed E-state index contributed by atoms with van der Waals surface area (Å²) in [6.45, 7) is 2.63. The van der Waals surface area contributed by atoms with E-state index in [-0.39, 0.29) is 34.1 Å². The highest BCUT2D eigenvalue weighted by Crippen LogP contribution is 2.35. The van der Waals surface area contributed by atoms with Crippen LogP contribution in [0.5, 0.6) is 11.5 Å². The first-order valence-corrected chi connectivity index (χ1v) is 12.6. The molecule has 0 spiro atoms. The van der Waals surface area contributed by atoms with Crippen LogP contribution in [0.1, 0.15) is 24.2 Å². The lowest BCUT2D eigenvalue weighted by Crippen LogP contribution is -2.31. The van der Waals surface area contributed by atoms with Gasteiger partial charge >= 0.3 is 0 Å². The summed E-state index contributed by atoms with van der Waals surface area (Å²) in [6, 6.07) is 12.0. The van der Waals surface area contributed by atoms with Crippen molar-refractivity contribution >= 4 is 67.2 Å². The Morgan fingerprint density at radius 1 is 1.09 bits per heavy atom. The molecule has 0 aliphatic carbocycles. The van der Waals surface area contributed by atoms with Crippen LogP contribution in [0, 0.1) is 15.2 Å². The number of sulfonamides is 1. The molecule has 3 aromatic carbocycles. The summed E-state index contributed by atoms with van der Waals surface area (Å²) in [6.07, 6.45) is 0. The zero-order valence-corrected chi connectivity index (χ0v) is 21.6. The highest BCUT2D eigenvalue weighted by molar-refractivity contribution is 14.1. The van der Waals surface area contributed by atoms with Gasteiger partial charge in [-0.25, -0.2) is 17.2 Å². The van der Waals surface area contributed by atoms with Crippen LogP contribution in [0.3, 0.4) is 0 Å². The van der Waals surface area contributed by atoms with Crippen LogP contribution < -0.4 is 20.5 Å². The van der Waals surface area contributed by atoms with Crippen LogP contribution in [0.15, 0.2) is 54.6 Å². The quantitative estimate of drug-likeness (QED) is 0.214. The van der Waals surface area contributed by atoms with E-state index in [0.29, 0.717) is 3.57 Å². The van der Waals surface area contributed by atoms with Crippen molar-refractivity contribution in [3.63, 3.8) is 0 Å². The number of rotatable bonds is 8. The standard InChI is InChI=1S/C22H19ClF2IN3O4S/c1-22(2,23)34(31,32)29-14-4-3-5-15(11-14)33-19-9-12(24)8-18(20(19)21(27)30)28-17-7-6-13(26)10-16(17)25/h3-11,28-29H,1-2H3,(H2,27,30). The van der Waals surface area contributed by atoms with E-state index >= 15 is 0 Å². The number of primary amides is 1. The average Bonchev–Trinajstić information content (AvgIpc) is 2.68. The van der Waals surface area contributed by atoms with Gasteiger partial charge in [0.25, 0.3) is 15.9 Å². The second-order valence-corrected chi connectivity index (χ2v) is 12.2. The van der Waals surface area contributed by atoms with Gasteiger partial charge in [0.15, 0.2) is 4.21 Å². The lowest BCUT2D eigenvalue weighted by Gasteiger charge is -2.19. The van der Waals surface area contributed by atoms with Gasteiger partial charge in [0.1, 0.15) is 28.7 Å². The van der Waals surface area contributed by atoms with Gasteiger partial charge in [-0.2, -0.15) is 0 Å².